The second-order valence-electron chi connectivity index (χ2n) is 15.0. The molecule has 0 bridgehead atoms. The lowest BCUT2D eigenvalue weighted by molar-refractivity contribution is -0.160. The number of rotatable bonds is 25. The molecule has 338 valence electrons. The van der Waals surface area contributed by atoms with Gasteiger partial charge in [-0.25, -0.2) is 4.79 Å². The van der Waals surface area contributed by atoms with Crippen molar-refractivity contribution in [3.05, 3.63) is 29.8 Å². The third-order valence-corrected chi connectivity index (χ3v) is 9.80. The number of anilines is 1. The highest BCUT2D eigenvalue weighted by atomic mass is 16.5. The van der Waals surface area contributed by atoms with Gasteiger partial charge in [0.05, 0.1) is 26.4 Å². The van der Waals surface area contributed by atoms with Crippen molar-refractivity contribution >= 4 is 59.0 Å². The Kier molecular flexibility index (Phi) is 21.0. The summed E-state index contributed by atoms with van der Waals surface area (Å²) in [6.07, 6.45) is -0.493. The second-order valence-corrected chi connectivity index (χ2v) is 15.0. The predicted molar refractivity (Wildman–Crippen MR) is 219 cm³/mol. The van der Waals surface area contributed by atoms with Gasteiger partial charge in [0.1, 0.15) is 12.1 Å². The molecule has 0 radical (unpaired) electrons. The quantitative estimate of drug-likeness (QED) is 0.0398. The van der Waals surface area contributed by atoms with E-state index < -0.39 is 47.9 Å². The summed E-state index contributed by atoms with van der Waals surface area (Å²) in [5.74, 6) is -3.83. The molecule has 2 fully saturated rings. The Bertz CT molecular complexity index is 1670. The number of piperazine rings is 1. The van der Waals surface area contributed by atoms with Crippen molar-refractivity contribution in [2.45, 2.75) is 77.5 Å². The van der Waals surface area contributed by atoms with E-state index in [0.717, 1.165) is 4.90 Å². The molecule has 3 atom stereocenters. The number of hydrogen-bond donors (Lipinski definition) is 6. The summed E-state index contributed by atoms with van der Waals surface area (Å²) in [5, 5.41) is 13.3. The van der Waals surface area contributed by atoms with Gasteiger partial charge in [0.15, 0.2) is 0 Å². The summed E-state index contributed by atoms with van der Waals surface area (Å²) in [6, 6.07) is 3.41. The van der Waals surface area contributed by atoms with Crippen LogP contribution in [0, 0.1) is 5.92 Å². The highest BCUT2D eigenvalue weighted by Crippen LogP contribution is 2.24. The number of nitrogens with one attached hydrogen (secondary N) is 5. The predicted octanol–water partition coefficient (Wildman–Crippen LogP) is -0.844. The van der Waals surface area contributed by atoms with Gasteiger partial charge in [-0.1, -0.05) is 26.0 Å². The Morgan fingerprint density at radius 3 is 2.02 bits per heavy atom. The molecule has 7 N–H and O–H groups in total. The van der Waals surface area contributed by atoms with E-state index in [9.17, 15) is 43.2 Å². The molecular formula is C40H61N9O12. The van der Waals surface area contributed by atoms with Crippen molar-refractivity contribution in [3.8, 4) is 0 Å². The van der Waals surface area contributed by atoms with E-state index in [1.165, 1.54) is 6.92 Å². The maximum atomic E-state index is 13.6. The summed E-state index contributed by atoms with van der Waals surface area (Å²) in [4.78, 5) is 117. The first-order valence-corrected chi connectivity index (χ1v) is 20.5. The van der Waals surface area contributed by atoms with Crippen molar-refractivity contribution in [1.29, 1.82) is 0 Å². The Balaban J connectivity index is 1.47. The molecule has 9 amide bonds. The van der Waals surface area contributed by atoms with E-state index >= 15 is 0 Å². The number of primary amides is 1. The molecule has 3 rings (SSSR count). The smallest absolute Gasteiger partial charge is 0.312 e. The average Bonchev–Trinajstić information content (AvgIpc) is 3.54. The number of nitrogens with zero attached hydrogens (tertiary/aromatic N) is 3. The molecule has 0 spiro atoms. The zero-order valence-electron chi connectivity index (χ0n) is 35.5. The minimum Gasteiger partial charge on any atom is -0.447 e. The maximum Gasteiger partial charge on any atom is 0.312 e. The van der Waals surface area contributed by atoms with E-state index in [1.54, 1.807) is 43.0 Å². The fourth-order valence-corrected chi connectivity index (χ4v) is 6.34. The molecule has 2 aliphatic heterocycles. The van der Waals surface area contributed by atoms with Crippen LogP contribution in [0.15, 0.2) is 24.3 Å². The van der Waals surface area contributed by atoms with Gasteiger partial charge in [-0.05, 0) is 37.9 Å². The molecular weight excluding hydrogens is 798 g/mol. The molecule has 61 heavy (non-hydrogen) atoms. The van der Waals surface area contributed by atoms with Crippen LogP contribution in [0.25, 0.3) is 0 Å². The molecule has 21 heteroatoms. The first-order valence-electron chi connectivity index (χ1n) is 20.5. The topological polar surface area (TPSA) is 277 Å². The van der Waals surface area contributed by atoms with E-state index in [0.29, 0.717) is 37.4 Å². The van der Waals surface area contributed by atoms with Crippen molar-refractivity contribution in [3.63, 3.8) is 0 Å². The van der Waals surface area contributed by atoms with Gasteiger partial charge in [-0.2, -0.15) is 0 Å². The minimum atomic E-state index is -1.17. The lowest BCUT2D eigenvalue weighted by Gasteiger charge is -2.34. The number of carbonyl (C=O) groups is 9. The largest absolute Gasteiger partial charge is 0.447 e. The van der Waals surface area contributed by atoms with Crippen LogP contribution in [0.5, 0.6) is 0 Å². The van der Waals surface area contributed by atoms with Crippen LogP contribution in [0.3, 0.4) is 0 Å². The number of likely N-dealkylation sites (N-methyl/N-ethyl adjacent to an activating group) is 1. The zero-order chi connectivity index (χ0) is 44.9. The molecule has 2 saturated heterocycles. The lowest BCUT2D eigenvalue weighted by Crippen LogP contribution is -2.54. The van der Waals surface area contributed by atoms with Crippen molar-refractivity contribution in [2.24, 2.45) is 11.7 Å². The van der Waals surface area contributed by atoms with Crippen LogP contribution >= 0.6 is 0 Å². The first kappa shape index (κ1) is 49.7. The standard InChI is InChI=1S/C40H61N9O12/c1-26(2)35(46-32(52)14-22-59-24-25-60-23-16-42-31(51)13-17-49-33(53)11-12-34(49)54)38(56)45-30(6-5-15-43-40(41)58)37(55)44-29-9-7-28(8-10-29)36(61-27(3)50)39(57)48-20-18-47(4)19-21-48/h7-10,26,30,35-36H,5-6,11-25H2,1-4H3,(H,42,51)(H,44,55)(H,45,56)(H,46,52)(H3,41,43,58)/t30-,35-,36?/m0/s1. The molecule has 0 aliphatic carbocycles. The number of urea groups is 1. The van der Waals surface area contributed by atoms with Crippen LogP contribution in [0.1, 0.15) is 71.0 Å². The Morgan fingerprint density at radius 2 is 1.41 bits per heavy atom. The Morgan fingerprint density at radius 1 is 0.770 bits per heavy atom. The molecule has 0 aromatic heterocycles. The minimum absolute atomic E-state index is 0.00899. The molecule has 21 nitrogen and oxygen atoms in total. The molecule has 1 aromatic carbocycles. The van der Waals surface area contributed by atoms with Gasteiger partial charge in [0.2, 0.25) is 41.5 Å². The molecule has 0 saturated carbocycles. The monoisotopic (exact) mass is 859 g/mol. The summed E-state index contributed by atoms with van der Waals surface area (Å²) in [6.45, 7) is 8.05. The summed E-state index contributed by atoms with van der Waals surface area (Å²) >= 11 is 0. The van der Waals surface area contributed by atoms with Crippen LogP contribution in [-0.2, 0) is 52.6 Å². The number of likely N-dealkylation sites (tertiary alicyclic amines) is 1. The average molecular weight is 860 g/mol. The van der Waals surface area contributed by atoms with E-state index in [2.05, 4.69) is 31.5 Å². The molecule has 2 heterocycles. The number of benzene rings is 1. The number of carbonyl (C=O) groups excluding carboxylic acids is 9. The van der Waals surface area contributed by atoms with E-state index in [-0.39, 0.29) is 114 Å². The second kappa shape index (κ2) is 25.8. The fraction of sp³-hybridized carbons (Fsp3) is 0.625. The molecule has 2 aliphatic rings. The first-order chi connectivity index (χ1) is 29.0. The number of esters is 1. The van der Waals surface area contributed by atoms with Gasteiger partial charge in [-0.15, -0.1) is 0 Å². The number of ether oxygens (including phenoxy) is 3. The van der Waals surface area contributed by atoms with Crippen molar-refractivity contribution in [1.82, 2.24) is 36.0 Å². The maximum absolute atomic E-state index is 13.6. The third-order valence-electron chi connectivity index (χ3n) is 9.80. The van der Waals surface area contributed by atoms with Crippen molar-refractivity contribution < 1.29 is 57.4 Å². The Labute approximate surface area is 355 Å². The number of nitrogens with two attached hydrogens (primary N) is 1. The van der Waals surface area contributed by atoms with Gasteiger partial charge in [0, 0.05) is 89.7 Å². The highest BCUT2D eigenvalue weighted by Gasteiger charge is 2.32. The van der Waals surface area contributed by atoms with E-state index in [4.69, 9.17) is 19.9 Å². The Hall–Kier alpha value is -5.67. The van der Waals surface area contributed by atoms with Crippen LogP contribution in [0.4, 0.5) is 10.5 Å². The number of hydrogen-bond acceptors (Lipinski definition) is 13. The SMILES string of the molecule is CC(=O)OC(C(=O)N1CCN(C)CC1)c1ccc(NC(=O)[C@H](CCCNC(N)=O)NC(=O)[C@@H](NC(=O)CCOCCOCCNC(=O)CCN2C(=O)CCC2=O)C(C)C)cc1. The third kappa shape index (κ3) is 17.8. The van der Waals surface area contributed by atoms with Gasteiger partial charge >= 0.3 is 12.0 Å². The lowest BCUT2D eigenvalue weighted by atomic mass is 10.0. The summed E-state index contributed by atoms with van der Waals surface area (Å²) in [7, 11) is 1.96. The molecule has 1 aromatic rings. The zero-order valence-corrected chi connectivity index (χ0v) is 35.5. The molecule has 1 unspecified atom stereocenters. The van der Waals surface area contributed by atoms with Gasteiger partial charge < -0.3 is 56.3 Å². The van der Waals surface area contributed by atoms with Crippen LogP contribution in [0.2, 0.25) is 0 Å². The fourth-order valence-electron chi connectivity index (χ4n) is 6.34. The van der Waals surface area contributed by atoms with Crippen LogP contribution in [-0.4, -0.2) is 159 Å². The normalized spacial score (nSPS) is 15.8. The van der Waals surface area contributed by atoms with Gasteiger partial charge in [0.25, 0.3) is 5.91 Å². The van der Waals surface area contributed by atoms with Gasteiger partial charge in [-0.3, -0.25) is 43.3 Å². The highest BCUT2D eigenvalue weighted by molar-refractivity contribution is 6.02. The number of imide groups is 1. The van der Waals surface area contributed by atoms with E-state index in [1.807, 2.05) is 7.05 Å². The van der Waals surface area contributed by atoms with Crippen LogP contribution < -0.4 is 32.3 Å². The summed E-state index contributed by atoms with van der Waals surface area (Å²) < 4.78 is 16.3. The van der Waals surface area contributed by atoms with Crippen molar-refractivity contribution in [2.75, 3.05) is 84.6 Å². The summed E-state index contributed by atoms with van der Waals surface area (Å²) in [5.41, 5.74) is 5.93. The number of amides is 9.